The van der Waals surface area contributed by atoms with E-state index < -0.39 is 39.5 Å². The Labute approximate surface area is 308 Å². The Hall–Kier alpha value is -4.51. The van der Waals surface area contributed by atoms with Crippen LogP contribution in [0.25, 0.3) is 0 Å². The molecule has 10 nitrogen and oxygen atoms in total. The van der Waals surface area contributed by atoms with Crippen molar-refractivity contribution < 1.29 is 32.3 Å². The highest BCUT2D eigenvalue weighted by atomic mass is 32.2. The highest BCUT2D eigenvalue weighted by Crippen LogP contribution is 2.43. The van der Waals surface area contributed by atoms with Gasteiger partial charge in [0.15, 0.2) is 0 Å². The molecule has 3 aromatic carbocycles. The summed E-state index contributed by atoms with van der Waals surface area (Å²) in [6.07, 6.45) is 5.97. The molecule has 2 fully saturated rings. The van der Waals surface area contributed by atoms with E-state index in [1.807, 2.05) is 84.9 Å². The summed E-state index contributed by atoms with van der Waals surface area (Å²) in [5.41, 5.74) is 2.48. The molecule has 52 heavy (non-hydrogen) atoms. The normalized spacial score (nSPS) is 18.8. The zero-order valence-corrected chi connectivity index (χ0v) is 30.6. The van der Waals surface area contributed by atoms with Gasteiger partial charge >= 0.3 is 5.97 Å². The number of anilines is 1. The number of amides is 3. The van der Waals surface area contributed by atoms with Crippen LogP contribution in [0.15, 0.2) is 84.9 Å². The van der Waals surface area contributed by atoms with Crippen molar-refractivity contribution in [1.29, 1.82) is 0 Å². The van der Waals surface area contributed by atoms with Gasteiger partial charge in [-0.2, -0.15) is 0 Å². The summed E-state index contributed by atoms with van der Waals surface area (Å²) in [6.45, 7) is 3.37. The molecule has 0 bridgehead atoms. The molecule has 1 N–H and O–H groups in total. The molecule has 0 spiro atoms. The van der Waals surface area contributed by atoms with Crippen LogP contribution in [0.3, 0.4) is 0 Å². The molecule has 3 aromatic rings. The van der Waals surface area contributed by atoms with E-state index in [0.29, 0.717) is 44.2 Å². The van der Waals surface area contributed by atoms with Crippen LogP contribution in [-0.2, 0) is 46.6 Å². The van der Waals surface area contributed by atoms with E-state index in [-0.39, 0.29) is 43.9 Å². The van der Waals surface area contributed by atoms with Crippen LogP contribution < -0.4 is 10.2 Å². The largest absolute Gasteiger partial charge is 0.464 e. The second kappa shape index (κ2) is 17.8. The Bertz CT molecular complexity index is 1780. The molecule has 0 aromatic heterocycles. The monoisotopic (exact) mass is 731 g/mol. The van der Waals surface area contributed by atoms with E-state index in [0.717, 1.165) is 29.5 Å². The predicted octanol–water partition coefficient (Wildman–Crippen LogP) is 6.19. The minimum Gasteiger partial charge on any atom is -0.464 e. The Morgan fingerprint density at radius 2 is 1.52 bits per heavy atom. The molecule has 5 rings (SSSR count). The number of carbonyl (C=O) groups is 4. The van der Waals surface area contributed by atoms with Crippen molar-refractivity contribution >= 4 is 39.2 Å². The molecule has 11 heteroatoms. The van der Waals surface area contributed by atoms with Crippen LogP contribution >= 0.6 is 0 Å². The van der Waals surface area contributed by atoms with Crippen molar-refractivity contribution in [3.8, 4) is 0 Å². The lowest BCUT2D eigenvalue weighted by Gasteiger charge is -2.31. The Morgan fingerprint density at radius 3 is 2.10 bits per heavy atom. The minimum atomic E-state index is -3.08. The number of nitrogens with zero attached hydrogens (tertiary/aromatic N) is 2. The number of esters is 1. The Balaban J connectivity index is 0.00000605. The zero-order chi connectivity index (χ0) is 36.6. The summed E-state index contributed by atoms with van der Waals surface area (Å²) in [4.78, 5) is 57.8. The molecule has 1 heterocycles. The fourth-order valence-corrected chi connectivity index (χ4v) is 8.29. The third kappa shape index (κ3) is 9.67. The van der Waals surface area contributed by atoms with Crippen molar-refractivity contribution in [2.24, 2.45) is 5.41 Å². The summed E-state index contributed by atoms with van der Waals surface area (Å²) >= 11 is 0. The highest BCUT2D eigenvalue weighted by Gasteiger charge is 2.48. The maximum Gasteiger partial charge on any atom is 0.328 e. The number of hydrogen-bond acceptors (Lipinski definition) is 7. The highest BCUT2D eigenvalue weighted by molar-refractivity contribution is 7.90. The van der Waals surface area contributed by atoms with Gasteiger partial charge in [0.05, 0.1) is 6.61 Å². The lowest BCUT2D eigenvalue weighted by molar-refractivity contribution is -0.148. The van der Waals surface area contributed by atoms with Crippen LogP contribution in [-0.4, -0.2) is 67.7 Å². The van der Waals surface area contributed by atoms with Crippen molar-refractivity contribution in [3.05, 3.63) is 102 Å². The van der Waals surface area contributed by atoms with E-state index in [1.54, 1.807) is 16.7 Å². The summed E-state index contributed by atoms with van der Waals surface area (Å²) in [5.74, 6) is -1.04. The van der Waals surface area contributed by atoms with E-state index in [1.165, 1.54) is 13.2 Å². The second-order valence-corrected chi connectivity index (χ2v) is 16.1. The van der Waals surface area contributed by atoms with Gasteiger partial charge in [0.2, 0.25) is 11.8 Å². The number of unbranched alkanes of at least 4 members (excludes halogenated alkanes) is 1. The quantitative estimate of drug-likeness (QED) is 0.146. The van der Waals surface area contributed by atoms with E-state index in [9.17, 15) is 27.6 Å². The summed E-state index contributed by atoms with van der Waals surface area (Å²) in [5, 5.41) is 3.00. The van der Waals surface area contributed by atoms with Crippen LogP contribution in [0.4, 0.5) is 5.69 Å². The average molecular weight is 732 g/mol. The van der Waals surface area contributed by atoms with Gasteiger partial charge < -0.3 is 15.0 Å². The zero-order valence-electron chi connectivity index (χ0n) is 29.8. The molecule has 3 amide bonds. The van der Waals surface area contributed by atoms with Crippen LogP contribution in [0, 0.1) is 5.41 Å². The van der Waals surface area contributed by atoms with Gasteiger partial charge in [-0.1, -0.05) is 99.5 Å². The predicted molar refractivity (Wildman–Crippen MR) is 203 cm³/mol. The molecular weight excluding hydrogens is 679 g/mol. The first-order valence-corrected chi connectivity index (χ1v) is 19.9. The van der Waals surface area contributed by atoms with E-state index >= 15 is 0 Å². The van der Waals surface area contributed by atoms with Crippen molar-refractivity contribution in [2.45, 2.75) is 97.3 Å². The summed E-state index contributed by atoms with van der Waals surface area (Å²) in [7, 11) is -3.08. The van der Waals surface area contributed by atoms with E-state index in [4.69, 9.17) is 4.74 Å². The number of ether oxygens (including phenoxy) is 1. The van der Waals surface area contributed by atoms with Gasteiger partial charge in [0.1, 0.15) is 28.1 Å². The number of benzene rings is 3. The molecular formula is C41H53N3O7S. The van der Waals surface area contributed by atoms with Gasteiger partial charge in [-0.05, 0) is 61.4 Å². The molecule has 3 unspecified atom stereocenters. The maximum atomic E-state index is 14.2. The topological polar surface area (TPSA) is 130 Å². The number of nitrogens with one attached hydrogen (secondary N) is 1. The van der Waals surface area contributed by atoms with Gasteiger partial charge in [-0.25, -0.2) is 13.2 Å². The van der Waals surface area contributed by atoms with Crippen molar-refractivity contribution in [2.75, 3.05) is 23.5 Å². The standard InChI is InChI=1S/C40H49N3O7S.CH4/c1-4-50-38(46)34(41-39(47)40(23-11-12-24-40)25-13-14-26-51(3,48)49)27-31-19-21-33(22-20-31)43-36(32-17-9-6-10-18-32)42(29(2)44)35(37(43)45)28-30-15-7-5-8-16-30;/h5-10,15-22,34-36H,4,11-14,23-28H2,1-3H3,(H,41,47);1H4. The molecule has 1 aliphatic carbocycles. The SMILES string of the molecule is C.CCOC(=O)C(Cc1ccc(N2C(=O)C(Cc3ccccc3)N(C(C)=O)C2c2ccccc2)cc1)NC(=O)C1(CCCCS(C)(=O)=O)CCCC1. The first-order chi connectivity index (χ1) is 24.4. The third-order valence-corrected chi connectivity index (χ3v) is 11.1. The average Bonchev–Trinajstić information content (AvgIpc) is 3.71. The molecule has 1 saturated heterocycles. The lowest BCUT2D eigenvalue weighted by atomic mass is 9.80. The Kier molecular flexibility index (Phi) is 13.8. The van der Waals surface area contributed by atoms with Gasteiger partial charge in [-0.3, -0.25) is 19.3 Å². The molecule has 3 atom stereocenters. The molecule has 1 aliphatic heterocycles. The molecule has 0 radical (unpaired) electrons. The number of hydrogen-bond donors (Lipinski definition) is 1. The minimum absolute atomic E-state index is 0. The maximum absolute atomic E-state index is 14.2. The fourth-order valence-electron chi connectivity index (χ4n) is 7.56. The smallest absolute Gasteiger partial charge is 0.328 e. The van der Waals surface area contributed by atoms with Gasteiger partial charge in [-0.15, -0.1) is 0 Å². The molecule has 1 saturated carbocycles. The Morgan fingerprint density at radius 1 is 0.904 bits per heavy atom. The van der Waals surface area contributed by atoms with Crippen LogP contribution in [0.5, 0.6) is 0 Å². The summed E-state index contributed by atoms with van der Waals surface area (Å²) < 4.78 is 28.7. The second-order valence-electron chi connectivity index (χ2n) is 13.8. The third-order valence-electron chi connectivity index (χ3n) is 10.1. The first kappa shape index (κ1) is 40.3. The van der Waals surface area contributed by atoms with Crippen LogP contribution in [0.2, 0.25) is 0 Å². The molecule has 280 valence electrons. The van der Waals surface area contributed by atoms with Crippen molar-refractivity contribution in [3.63, 3.8) is 0 Å². The lowest BCUT2D eigenvalue weighted by Crippen LogP contribution is -2.49. The number of sulfone groups is 1. The van der Waals surface area contributed by atoms with Gasteiger partial charge in [0, 0.05) is 42.9 Å². The number of rotatable bonds is 15. The fraction of sp³-hybridized carbons (Fsp3) is 0.463. The van der Waals surface area contributed by atoms with Crippen molar-refractivity contribution in [1.82, 2.24) is 10.2 Å². The molecule has 2 aliphatic rings. The number of carbonyl (C=O) groups excluding carboxylic acids is 4. The van der Waals surface area contributed by atoms with E-state index in [2.05, 4.69) is 5.32 Å². The first-order valence-electron chi connectivity index (χ1n) is 17.9. The van der Waals surface area contributed by atoms with Crippen LogP contribution in [0.1, 0.15) is 89.1 Å². The van der Waals surface area contributed by atoms with Gasteiger partial charge in [0.25, 0.3) is 5.91 Å². The summed E-state index contributed by atoms with van der Waals surface area (Å²) in [6, 6.07) is 24.8.